The van der Waals surface area contributed by atoms with Gasteiger partial charge in [-0.2, -0.15) is 0 Å². The number of anilines is 1. The molecule has 1 N–H and O–H groups in total. The molecule has 1 aromatic heterocycles. The summed E-state index contributed by atoms with van der Waals surface area (Å²) in [5.74, 6) is 0.941. The quantitative estimate of drug-likeness (QED) is 0.568. The summed E-state index contributed by atoms with van der Waals surface area (Å²) in [4.78, 5) is 12.4. The van der Waals surface area contributed by atoms with Crippen LogP contribution in [0.2, 0.25) is 0 Å². The maximum absolute atomic E-state index is 13.1. The smallest absolute Gasteiger partial charge is 0.230 e. The molecule has 0 spiro atoms. The number of hydrogen-bond acceptors (Lipinski definition) is 4. The van der Waals surface area contributed by atoms with Crippen LogP contribution in [0.1, 0.15) is 37.2 Å². The van der Waals surface area contributed by atoms with Crippen molar-refractivity contribution in [2.45, 2.75) is 40.2 Å². The van der Waals surface area contributed by atoms with Crippen LogP contribution in [0.25, 0.3) is 0 Å². The Morgan fingerprint density at radius 2 is 1.83 bits per heavy atom. The van der Waals surface area contributed by atoms with Crippen molar-refractivity contribution >= 4 is 11.6 Å². The van der Waals surface area contributed by atoms with Gasteiger partial charge in [-0.3, -0.25) is 4.79 Å². The molecule has 0 aliphatic heterocycles. The van der Waals surface area contributed by atoms with Crippen LogP contribution in [0.3, 0.4) is 0 Å². The van der Waals surface area contributed by atoms with Crippen molar-refractivity contribution in [2.75, 3.05) is 11.9 Å². The molecular formula is C23H27FN4O2. The van der Waals surface area contributed by atoms with E-state index in [1.165, 1.54) is 12.1 Å². The summed E-state index contributed by atoms with van der Waals surface area (Å²) in [6.07, 6.45) is 1.13. The van der Waals surface area contributed by atoms with Crippen LogP contribution in [0.5, 0.6) is 5.75 Å². The SMILES string of the molecule is Cc1c(CC(=O)Nc2ccc(OCCC(C)C)cc2)nnn1Cc1ccc(F)cc1. The number of benzene rings is 2. The third-order valence-electron chi connectivity index (χ3n) is 4.75. The summed E-state index contributed by atoms with van der Waals surface area (Å²) in [5, 5.41) is 11.1. The minimum atomic E-state index is -0.276. The molecule has 1 heterocycles. The first-order valence-corrected chi connectivity index (χ1v) is 10.1. The summed E-state index contributed by atoms with van der Waals surface area (Å²) in [7, 11) is 0. The van der Waals surface area contributed by atoms with Crippen LogP contribution < -0.4 is 10.1 Å². The van der Waals surface area contributed by atoms with E-state index in [0.29, 0.717) is 30.5 Å². The lowest BCUT2D eigenvalue weighted by atomic mass is 10.1. The second kappa shape index (κ2) is 10.0. The van der Waals surface area contributed by atoms with Gasteiger partial charge in [0.15, 0.2) is 0 Å². The molecule has 0 atom stereocenters. The molecule has 158 valence electrons. The van der Waals surface area contributed by atoms with Gasteiger partial charge in [-0.25, -0.2) is 9.07 Å². The van der Waals surface area contributed by atoms with Gasteiger partial charge in [0.1, 0.15) is 11.6 Å². The van der Waals surface area contributed by atoms with Crippen molar-refractivity contribution in [1.29, 1.82) is 0 Å². The van der Waals surface area contributed by atoms with Crippen molar-refractivity contribution in [3.8, 4) is 5.75 Å². The van der Waals surface area contributed by atoms with Crippen molar-refractivity contribution in [3.63, 3.8) is 0 Å². The molecule has 7 heteroatoms. The van der Waals surface area contributed by atoms with E-state index in [2.05, 4.69) is 29.5 Å². The van der Waals surface area contributed by atoms with Gasteiger partial charge in [-0.05, 0) is 61.2 Å². The monoisotopic (exact) mass is 410 g/mol. The molecule has 2 aromatic carbocycles. The van der Waals surface area contributed by atoms with Gasteiger partial charge in [0, 0.05) is 5.69 Å². The minimum Gasteiger partial charge on any atom is -0.494 e. The van der Waals surface area contributed by atoms with Crippen LogP contribution in [0.4, 0.5) is 10.1 Å². The number of nitrogens with one attached hydrogen (secondary N) is 1. The van der Waals surface area contributed by atoms with Crippen molar-refractivity contribution in [1.82, 2.24) is 15.0 Å². The number of amides is 1. The summed E-state index contributed by atoms with van der Waals surface area (Å²) in [6, 6.07) is 13.6. The Morgan fingerprint density at radius 3 is 2.50 bits per heavy atom. The molecule has 0 aliphatic carbocycles. The Balaban J connectivity index is 1.53. The molecule has 6 nitrogen and oxygen atoms in total. The number of carbonyl (C=O) groups excluding carboxylic acids is 1. The fraction of sp³-hybridized carbons (Fsp3) is 0.348. The van der Waals surface area contributed by atoms with E-state index in [4.69, 9.17) is 4.74 Å². The molecule has 0 bridgehead atoms. The largest absolute Gasteiger partial charge is 0.494 e. The third kappa shape index (κ3) is 6.14. The van der Waals surface area contributed by atoms with Crippen molar-refractivity contribution in [2.24, 2.45) is 5.92 Å². The van der Waals surface area contributed by atoms with Crippen LogP contribution in [-0.2, 0) is 17.8 Å². The second-order valence-corrected chi connectivity index (χ2v) is 7.69. The summed E-state index contributed by atoms with van der Waals surface area (Å²) in [5.41, 5.74) is 3.04. The zero-order valence-electron chi connectivity index (χ0n) is 17.6. The molecule has 1 amide bonds. The minimum absolute atomic E-state index is 0.127. The van der Waals surface area contributed by atoms with E-state index >= 15 is 0 Å². The lowest BCUT2D eigenvalue weighted by Gasteiger charge is -2.09. The Morgan fingerprint density at radius 1 is 1.13 bits per heavy atom. The van der Waals surface area contributed by atoms with Gasteiger partial charge < -0.3 is 10.1 Å². The highest BCUT2D eigenvalue weighted by Crippen LogP contribution is 2.17. The van der Waals surface area contributed by atoms with Crippen molar-refractivity contribution < 1.29 is 13.9 Å². The molecule has 0 unspecified atom stereocenters. The molecule has 0 saturated heterocycles. The van der Waals surface area contributed by atoms with Gasteiger partial charge in [0.25, 0.3) is 0 Å². The molecule has 0 fully saturated rings. The first kappa shape index (κ1) is 21.5. The summed E-state index contributed by atoms with van der Waals surface area (Å²) >= 11 is 0. The maximum Gasteiger partial charge on any atom is 0.230 e. The molecule has 0 aliphatic rings. The highest BCUT2D eigenvalue weighted by Gasteiger charge is 2.13. The Hall–Kier alpha value is -3.22. The molecular weight excluding hydrogens is 383 g/mol. The van der Waals surface area contributed by atoms with E-state index < -0.39 is 0 Å². The van der Waals surface area contributed by atoms with E-state index in [-0.39, 0.29) is 18.1 Å². The van der Waals surface area contributed by atoms with E-state index in [1.54, 1.807) is 16.8 Å². The highest BCUT2D eigenvalue weighted by atomic mass is 19.1. The van der Waals surface area contributed by atoms with Gasteiger partial charge in [0.05, 0.1) is 31.0 Å². The standard InChI is InChI=1S/C23H27FN4O2/c1-16(2)12-13-30-21-10-8-20(9-11-21)25-23(29)14-22-17(3)28(27-26-22)15-18-4-6-19(24)7-5-18/h4-11,16H,12-15H2,1-3H3,(H,25,29). The van der Waals surface area contributed by atoms with Gasteiger partial charge in [-0.15, -0.1) is 5.10 Å². The van der Waals surface area contributed by atoms with Crippen LogP contribution in [0, 0.1) is 18.7 Å². The van der Waals surface area contributed by atoms with E-state index in [1.807, 2.05) is 31.2 Å². The molecule has 3 rings (SSSR count). The predicted octanol–water partition coefficient (Wildman–Crippen LogP) is 4.38. The number of rotatable bonds is 9. The fourth-order valence-corrected chi connectivity index (χ4v) is 2.88. The number of aromatic nitrogens is 3. The second-order valence-electron chi connectivity index (χ2n) is 7.69. The number of hydrogen-bond donors (Lipinski definition) is 1. The Bertz CT molecular complexity index is 966. The van der Waals surface area contributed by atoms with Crippen LogP contribution in [0.15, 0.2) is 48.5 Å². The number of carbonyl (C=O) groups is 1. The van der Waals surface area contributed by atoms with Gasteiger partial charge >= 0.3 is 0 Å². The van der Waals surface area contributed by atoms with E-state index in [0.717, 1.165) is 23.4 Å². The maximum atomic E-state index is 13.1. The summed E-state index contributed by atoms with van der Waals surface area (Å²) in [6.45, 7) is 7.33. The zero-order chi connectivity index (χ0) is 21.5. The first-order chi connectivity index (χ1) is 14.4. The average molecular weight is 410 g/mol. The van der Waals surface area contributed by atoms with Crippen molar-refractivity contribution in [3.05, 3.63) is 71.3 Å². The first-order valence-electron chi connectivity index (χ1n) is 10.1. The molecule has 0 saturated carbocycles. The normalized spacial score (nSPS) is 11.0. The Labute approximate surface area is 176 Å². The topological polar surface area (TPSA) is 69.0 Å². The lowest BCUT2D eigenvalue weighted by Crippen LogP contribution is -2.15. The van der Waals surface area contributed by atoms with Gasteiger partial charge in [-0.1, -0.05) is 31.2 Å². The number of ether oxygens (including phenoxy) is 1. The summed E-state index contributed by atoms with van der Waals surface area (Å²) < 4.78 is 20.5. The predicted molar refractivity (Wildman–Crippen MR) is 114 cm³/mol. The Kier molecular flexibility index (Phi) is 7.17. The highest BCUT2D eigenvalue weighted by molar-refractivity contribution is 5.92. The molecule has 3 aromatic rings. The van der Waals surface area contributed by atoms with Crippen LogP contribution in [-0.4, -0.2) is 27.5 Å². The molecule has 30 heavy (non-hydrogen) atoms. The van der Waals surface area contributed by atoms with Gasteiger partial charge in [0.2, 0.25) is 5.91 Å². The third-order valence-corrected chi connectivity index (χ3v) is 4.75. The number of nitrogens with zero attached hydrogens (tertiary/aromatic N) is 3. The van der Waals surface area contributed by atoms with Crippen LogP contribution >= 0.6 is 0 Å². The average Bonchev–Trinajstić information content (AvgIpc) is 3.04. The molecule has 0 radical (unpaired) electrons. The lowest BCUT2D eigenvalue weighted by molar-refractivity contribution is -0.115. The fourth-order valence-electron chi connectivity index (χ4n) is 2.88. The van der Waals surface area contributed by atoms with E-state index in [9.17, 15) is 9.18 Å². The zero-order valence-corrected chi connectivity index (χ0v) is 17.6. The number of halogens is 1.